The number of halogens is 1. The van der Waals surface area contributed by atoms with Gasteiger partial charge in [-0.2, -0.15) is 0 Å². The van der Waals surface area contributed by atoms with Crippen molar-refractivity contribution in [3.8, 4) is 0 Å². The van der Waals surface area contributed by atoms with E-state index in [1.54, 1.807) is 0 Å². The minimum atomic E-state index is 0.611. The first kappa shape index (κ1) is 11.9. The van der Waals surface area contributed by atoms with E-state index in [1.165, 1.54) is 25.7 Å². The molecule has 1 saturated carbocycles. The molecule has 3 heteroatoms. The van der Waals surface area contributed by atoms with Gasteiger partial charge in [0.15, 0.2) is 0 Å². The third-order valence-electron chi connectivity index (χ3n) is 3.30. The smallest absolute Gasteiger partial charge is 0.0748 e. The Labute approximate surface area is 105 Å². The molecule has 2 nitrogen and oxygen atoms in total. The minimum absolute atomic E-state index is 0.611. The predicted octanol–water partition coefficient (Wildman–Crippen LogP) is 3.74. The Morgan fingerprint density at radius 2 is 2.19 bits per heavy atom. The van der Waals surface area contributed by atoms with Crippen LogP contribution < -0.4 is 5.73 Å². The lowest BCUT2D eigenvalue weighted by Crippen LogP contribution is -2.13. The summed E-state index contributed by atoms with van der Waals surface area (Å²) in [5.74, 6) is 0.913. The van der Waals surface area contributed by atoms with Crippen LogP contribution in [0.5, 0.6) is 0 Å². The normalized spacial score (nSPS) is 16.1. The van der Waals surface area contributed by atoms with Crippen LogP contribution >= 0.6 is 15.9 Å². The van der Waals surface area contributed by atoms with Crippen molar-refractivity contribution in [1.29, 1.82) is 0 Å². The van der Waals surface area contributed by atoms with Gasteiger partial charge in [-0.1, -0.05) is 41.3 Å². The van der Waals surface area contributed by atoms with Crippen molar-refractivity contribution < 1.29 is 4.74 Å². The van der Waals surface area contributed by atoms with Crippen molar-refractivity contribution in [2.75, 3.05) is 12.3 Å². The lowest BCUT2D eigenvalue weighted by molar-refractivity contribution is 0.0950. The van der Waals surface area contributed by atoms with Gasteiger partial charge in [0, 0.05) is 22.3 Å². The maximum atomic E-state index is 5.89. The van der Waals surface area contributed by atoms with Gasteiger partial charge in [-0.15, -0.1) is 0 Å². The highest BCUT2D eigenvalue weighted by Crippen LogP contribution is 2.29. The Morgan fingerprint density at radius 3 is 2.81 bits per heavy atom. The molecule has 1 fully saturated rings. The average Bonchev–Trinajstić information content (AvgIpc) is 2.19. The van der Waals surface area contributed by atoms with Gasteiger partial charge >= 0.3 is 0 Å². The molecule has 0 heterocycles. The summed E-state index contributed by atoms with van der Waals surface area (Å²) in [5, 5.41) is 0. The molecule has 88 valence electrons. The van der Waals surface area contributed by atoms with Crippen LogP contribution in [0.15, 0.2) is 22.7 Å². The molecule has 0 bridgehead atoms. The molecule has 0 saturated heterocycles. The van der Waals surface area contributed by atoms with Crippen molar-refractivity contribution in [3.63, 3.8) is 0 Å². The zero-order chi connectivity index (χ0) is 11.4. The summed E-state index contributed by atoms with van der Waals surface area (Å²) in [7, 11) is 0. The highest BCUT2D eigenvalue weighted by atomic mass is 79.9. The Balaban J connectivity index is 1.75. The SMILES string of the molecule is Nc1cccc(Br)c1COCCC1CCC1. The molecule has 0 spiro atoms. The van der Waals surface area contributed by atoms with E-state index in [9.17, 15) is 0 Å². The van der Waals surface area contributed by atoms with E-state index >= 15 is 0 Å². The first-order chi connectivity index (χ1) is 7.77. The maximum Gasteiger partial charge on any atom is 0.0748 e. The minimum Gasteiger partial charge on any atom is -0.398 e. The van der Waals surface area contributed by atoms with Gasteiger partial charge in [-0.3, -0.25) is 0 Å². The molecule has 2 N–H and O–H groups in total. The Hall–Kier alpha value is -0.540. The average molecular weight is 284 g/mol. The Kier molecular flexibility index (Phi) is 4.24. The molecule has 0 aliphatic heterocycles. The van der Waals surface area contributed by atoms with Crippen molar-refractivity contribution in [3.05, 3.63) is 28.2 Å². The molecule has 0 amide bonds. The second-order valence-electron chi connectivity index (χ2n) is 4.45. The number of hydrogen-bond donors (Lipinski definition) is 1. The molecule has 1 aromatic carbocycles. The van der Waals surface area contributed by atoms with Crippen molar-refractivity contribution in [1.82, 2.24) is 0 Å². The predicted molar refractivity (Wildman–Crippen MR) is 70.2 cm³/mol. The molecular formula is C13H18BrNO. The van der Waals surface area contributed by atoms with Crippen LogP contribution in [0.4, 0.5) is 5.69 Å². The fourth-order valence-corrected chi connectivity index (χ4v) is 2.43. The number of benzene rings is 1. The van der Waals surface area contributed by atoms with Crippen LogP contribution in [-0.2, 0) is 11.3 Å². The summed E-state index contributed by atoms with van der Waals surface area (Å²) in [4.78, 5) is 0. The second kappa shape index (κ2) is 5.69. The summed E-state index contributed by atoms with van der Waals surface area (Å²) in [6.45, 7) is 1.46. The number of anilines is 1. The summed E-state index contributed by atoms with van der Waals surface area (Å²) in [6.07, 6.45) is 5.38. The molecule has 16 heavy (non-hydrogen) atoms. The maximum absolute atomic E-state index is 5.89. The highest BCUT2D eigenvalue weighted by molar-refractivity contribution is 9.10. The number of nitrogens with two attached hydrogens (primary N) is 1. The van der Waals surface area contributed by atoms with Crippen LogP contribution in [0.25, 0.3) is 0 Å². The summed E-state index contributed by atoms with van der Waals surface area (Å²) in [5.41, 5.74) is 7.76. The van der Waals surface area contributed by atoms with Gasteiger partial charge in [0.25, 0.3) is 0 Å². The quantitative estimate of drug-likeness (QED) is 0.660. The van der Waals surface area contributed by atoms with Crippen LogP contribution in [0.3, 0.4) is 0 Å². The van der Waals surface area contributed by atoms with Gasteiger partial charge in [0.1, 0.15) is 0 Å². The third-order valence-corrected chi connectivity index (χ3v) is 4.04. The van der Waals surface area contributed by atoms with Gasteiger partial charge in [-0.05, 0) is 24.5 Å². The largest absolute Gasteiger partial charge is 0.398 e. The third kappa shape index (κ3) is 2.98. The number of ether oxygens (including phenoxy) is 1. The van der Waals surface area contributed by atoms with Crippen LogP contribution in [-0.4, -0.2) is 6.61 Å². The monoisotopic (exact) mass is 283 g/mol. The molecule has 2 rings (SSSR count). The molecule has 0 atom stereocenters. The van der Waals surface area contributed by atoms with Crippen molar-refractivity contribution >= 4 is 21.6 Å². The summed E-state index contributed by atoms with van der Waals surface area (Å²) in [6, 6.07) is 5.85. The lowest BCUT2D eigenvalue weighted by Gasteiger charge is -2.24. The second-order valence-corrected chi connectivity index (χ2v) is 5.30. The first-order valence-electron chi connectivity index (χ1n) is 5.88. The van der Waals surface area contributed by atoms with Gasteiger partial charge < -0.3 is 10.5 Å². The number of hydrogen-bond acceptors (Lipinski definition) is 2. The Morgan fingerprint density at radius 1 is 1.38 bits per heavy atom. The van der Waals surface area contributed by atoms with Crippen LogP contribution in [0, 0.1) is 5.92 Å². The van der Waals surface area contributed by atoms with Gasteiger partial charge in [0.05, 0.1) is 6.61 Å². The van der Waals surface area contributed by atoms with Crippen LogP contribution in [0.2, 0.25) is 0 Å². The molecule has 1 aliphatic rings. The highest BCUT2D eigenvalue weighted by Gasteiger charge is 2.16. The summed E-state index contributed by atoms with van der Waals surface area (Å²) >= 11 is 3.49. The van der Waals surface area contributed by atoms with E-state index in [1.807, 2.05) is 18.2 Å². The summed E-state index contributed by atoms with van der Waals surface area (Å²) < 4.78 is 6.72. The van der Waals surface area contributed by atoms with E-state index in [-0.39, 0.29) is 0 Å². The molecule has 0 unspecified atom stereocenters. The van der Waals surface area contributed by atoms with Gasteiger partial charge in [-0.25, -0.2) is 0 Å². The number of nitrogen functional groups attached to an aromatic ring is 1. The Bertz CT molecular complexity index is 330. The zero-order valence-electron chi connectivity index (χ0n) is 9.42. The topological polar surface area (TPSA) is 35.2 Å². The fraction of sp³-hybridized carbons (Fsp3) is 0.538. The van der Waals surface area contributed by atoms with E-state index in [4.69, 9.17) is 10.5 Å². The number of rotatable bonds is 5. The standard InChI is InChI=1S/C13H18BrNO/c14-12-5-2-6-13(15)11(12)9-16-8-7-10-3-1-4-10/h2,5-6,10H,1,3-4,7-9,15H2. The molecular weight excluding hydrogens is 266 g/mol. The first-order valence-corrected chi connectivity index (χ1v) is 6.67. The van der Waals surface area contributed by atoms with E-state index in [2.05, 4.69) is 15.9 Å². The molecule has 0 radical (unpaired) electrons. The van der Waals surface area contributed by atoms with E-state index in [0.717, 1.165) is 28.2 Å². The fourth-order valence-electron chi connectivity index (χ4n) is 1.93. The van der Waals surface area contributed by atoms with Crippen molar-refractivity contribution in [2.45, 2.75) is 32.3 Å². The van der Waals surface area contributed by atoms with E-state index in [0.29, 0.717) is 6.61 Å². The molecule has 1 aliphatic carbocycles. The molecule has 1 aromatic rings. The molecule has 0 aromatic heterocycles. The van der Waals surface area contributed by atoms with E-state index < -0.39 is 0 Å². The lowest BCUT2D eigenvalue weighted by atomic mass is 9.83. The zero-order valence-corrected chi connectivity index (χ0v) is 11.0. The van der Waals surface area contributed by atoms with Crippen molar-refractivity contribution in [2.24, 2.45) is 5.92 Å². The van der Waals surface area contributed by atoms with Gasteiger partial charge in [0.2, 0.25) is 0 Å². The van der Waals surface area contributed by atoms with Crippen LogP contribution in [0.1, 0.15) is 31.2 Å².